The third-order valence-corrected chi connectivity index (χ3v) is 6.62. The second-order valence-electron chi connectivity index (χ2n) is 7.87. The Balaban J connectivity index is 1.75. The van der Waals surface area contributed by atoms with Crippen LogP contribution in [0.1, 0.15) is 30.8 Å². The van der Waals surface area contributed by atoms with Crippen molar-refractivity contribution in [2.24, 2.45) is 0 Å². The lowest BCUT2D eigenvalue weighted by Gasteiger charge is -2.55. The maximum atomic E-state index is 13.3. The quantitative estimate of drug-likeness (QED) is 0.627. The Bertz CT molecular complexity index is 1300. The lowest BCUT2D eigenvalue weighted by atomic mass is 9.58. The fourth-order valence-corrected chi connectivity index (χ4v) is 5.28. The lowest BCUT2D eigenvalue weighted by molar-refractivity contribution is -0.142. The summed E-state index contributed by atoms with van der Waals surface area (Å²) in [6.45, 7) is 1.80. The Kier molecular flexibility index (Phi) is 2.60. The Hall–Kier alpha value is -3.48. The summed E-state index contributed by atoms with van der Waals surface area (Å²) in [7, 11) is 0. The van der Waals surface area contributed by atoms with Gasteiger partial charge in [-0.3, -0.25) is 19.0 Å². The number of para-hydroxylation sites is 2. The summed E-state index contributed by atoms with van der Waals surface area (Å²) in [5.41, 5.74) is -0.258. The second-order valence-corrected chi connectivity index (χ2v) is 7.87. The van der Waals surface area contributed by atoms with E-state index in [1.54, 1.807) is 25.1 Å². The van der Waals surface area contributed by atoms with Crippen LogP contribution in [0.2, 0.25) is 0 Å². The Morgan fingerprint density at radius 1 is 1.07 bits per heavy atom. The molecule has 138 valence electrons. The summed E-state index contributed by atoms with van der Waals surface area (Å²) in [4.78, 5) is 44.1. The monoisotopic (exact) mass is 372 g/mol. The molecule has 7 heteroatoms. The van der Waals surface area contributed by atoms with Crippen LogP contribution in [0.3, 0.4) is 0 Å². The number of hydrogen-bond acceptors (Lipinski definition) is 4. The van der Waals surface area contributed by atoms with E-state index in [2.05, 4.69) is 10.6 Å². The van der Waals surface area contributed by atoms with E-state index in [0.717, 1.165) is 11.3 Å². The van der Waals surface area contributed by atoms with Crippen LogP contribution in [0.15, 0.2) is 53.3 Å². The van der Waals surface area contributed by atoms with Crippen LogP contribution in [-0.4, -0.2) is 21.4 Å². The first-order valence-corrected chi connectivity index (χ1v) is 9.22. The van der Waals surface area contributed by atoms with E-state index < -0.39 is 17.0 Å². The van der Waals surface area contributed by atoms with Crippen molar-refractivity contribution in [3.05, 3.63) is 70.3 Å². The SMILES string of the molecule is C[C@@]12NC(=O)[C@@H](C[C@@]13C(=O)Nc1ccccc13)n1c2nc2ccccc2c1=O. The fourth-order valence-electron chi connectivity index (χ4n) is 5.28. The van der Waals surface area contributed by atoms with Gasteiger partial charge in [0.05, 0.1) is 10.9 Å². The van der Waals surface area contributed by atoms with Crippen LogP contribution < -0.4 is 16.2 Å². The van der Waals surface area contributed by atoms with Crippen molar-refractivity contribution >= 4 is 28.4 Å². The number of carbonyl (C=O) groups is 2. The highest BCUT2D eigenvalue weighted by Gasteiger charge is 2.69. The van der Waals surface area contributed by atoms with Crippen LogP contribution in [0.5, 0.6) is 0 Å². The number of carbonyl (C=O) groups excluding carboxylic acids is 2. The van der Waals surface area contributed by atoms with Crippen LogP contribution in [0, 0.1) is 0 Å². The minimum absolute atomic E-state index is 0.171. The highest BCUT2D eigenvalue weighted by Crippen LogP contribution is 2.58. The molecule has 0 unspecified atom stereocenters. The number of rotatable bonds is 0. The summed E-state index contributed by atoms with van der Waals surface area (Å²) in [5.74, 6) is 0.00532. The maximum absolute atomic E-state index is 13.3. The van der Waals surface area contributed by atoms with Gasteiger partial charge >= 0.3 is 0 Å². The zero-order chi connectivity index (χ0) is 19.3. The van der Waals surface area contributed by atoms with Gasteiger partial charge in [0.2, 0.25) is 11.8 Å². The molecule has 2 aromatic carbocycles. The van der Waals surface area contributed by atoms with Crippen molar-refractivity contribution in [3.8, 4) is 0 Å². The van der Waals surface area contributed by atoms with Gasteiger partial charge in [-0.15, -0.1) is 0 Å². The molecule has 28 heavy (non-hydrogen) atoms. The van der Waals surface area contributed by atoms with E-state index in [-0.39, 0.29) is 23.8 Å². The number of nitrogens with zero attached hydrogens (tertiary/aromatic N) is 2. The Morgan fingerprint density at radius 2 is 1.82 bits per heavy atom. The van der Waals surface area contributed by atoms with Gasteiger partial charge in [0.1, 0.15) is 22.8 Å². The largest absolute Gasteiger partial charge is 0.340 e. The minimum atomic E-state index is -1.14. The number of anilines is 1. The molecule has 4 aliphatic rings. The van der Waals surface area contributed by atoms with Crippen LogP contribution in [0.4, 0.5) is 5.69 Å². The van der Waals surface area contributed by atoms with Crippen LogP contribution >= 0.6 is 0 Å². The van der Waals surface area contributed by atoms with Gasteiger partial charge in [-0.1, -0.05) is 30.3 Å². The van der Waals surface area contributed by atoms with Crippen molar-refractivity contribution in [1.29, 1.82) is 0 Å². The first kappa shape index (κ1) is 15.6. The van der Waals surface area contributed by atoms with Gasteiger partial charge in [0.25, 0.3) is 5.56 Å². The van der Waals surface area contributed by atoms with Gasteiger partial charge in [-0.2, -0.15) is 0 Å². The van der Waals surface area contributed by atoms with Gasteiger partial charge in [-0.05, 0) is 37.1 Å². The molecule has 0 aliphatic carbocycles. The molecule has 3 atom stereocenters. The molecule has 1 aromatic heterocycles. The van der Waals surface area contributed by atoms with Crippen LogP contribution in [0.25, 0.3) is 10.9 Å². The first-order chi connectivity index (χ1) is 13.5. The molecule has 0 radical (unpaired) electrons. The first-order valence-electron chi connectivity index (χ1n) is 9.22. The molecule has 5 heterocycles. The molecular formula is C21H16N4O3. The molecule has 7 nitrogen and oxygen atoms in total. The summed E-state index contributed by atoms with van der Waals surface area (Å²) in [6.07, 6.45) is 0.227. The standard InChI is InChI=1S/C21H16N4O3/c1-20-18-22-13-8-4-2-6-11(13)17(27)25(18)15(16(26)24-20)10-21(20)12-7-3-5-9-14(12)23-19(21)28/h2-9,15H,10H2,1H3,(H,23,28)(H,24,26)/t15-,20+,21-/m1/s1. The van der Waals surface area contributed by atoms with Gasteiger partial charge in [0.15, 0.2) is 0 Å². The predicted molar refractivity (Wildman–Crippen MR) is 102 cm³/mol. The molecule has 2 N–H and O–H groups in total. The third kappa shape index (κ3) is 1.50. The third-order valence-electron chi connectivity index (χ3n) is 6.62. The Morgan fingerprint density at radius 3 is 2.68 bits per heavy atom. The molecular weight excluding hydrogens is 356 g/mol. The number of nitrogens with one attached hydrogen (secondary N) is 2. The molecule has 7 rings (SSSR count). The average molecular weight is 372 g/mol. The number of hydrogen-bond donors (Lipinski definition) is 2. The molecule has 4 aliphatic heterocycles. The number of amides is 2. The number of fused-ring (bicyclic) bond motifs is 3. The van der Waals surface area contributed by atoms with Crippen molar-refractivity contribution in [1.82, 2.24) is 14.9 Å². The summed E-state index contributed by atoms with van der Waals surface area (Å²) in [6, 6.07) is 13.8. The lowest BCUT2D eigenvalue weighted by Crippen LogP contribution is -2.72. The molecule has 2 bridgehead atoms. The number of piperidine rings is 1. The summed E-state index contributed by atoms with van der Waals surface area (Å²) in [5, 5.41) is 6.46. The normalized spacial score (nSPS) is 29.5. The molecule has 1 spiro atoms. The average Bonchev–Trinajstić information content (AvgIpc) is 2.97. The molecule has 2 amide bonds. The summed E-state index contributed by atoms with van der Waals surface area (Å²) >= 11 is 0. The Labute approximate surface area is 159 Å². The highest BCUT2D eigenvalue weighted by molar-refractivity contribution is 6.09. The fraction of sp³-hybridized carbons (Fsp3) is 0.238. The number of aromatic nitrogens is 2. The van der Waals surface area contributed by atoms with Crippen LogP contribution in [-0.2, 0) is 20.5 Å². The maximum Gasteiger partial charge on any atom is 0.262 e. The summed E-state index contributed by atoms with van der Waals surface area (Å²) < 4.78 is 1.49. The number of benzene rings is 2. The van der Waals surface area contributed by atoms with E-state index in [1.807, 2.05) is 30.3 Å². The van der Waals surface area contributed by atoms with Gasteiger partial charge in [0, 0.05) is 5.69 Å². The zero-order valence-electron chi connectivity index (χ0n) is 15.0. The predicted octanol–water partition coefficient (Wildman–Crippen LogP) is 1.58. The topological polar surface area (TPSA) is 93.1 Å². The minimum Gasteiger partial charge on any atom is -0.340 e. The van der Waals surface area contributed by atoms with E-state index in [4.69, 9.17) is 4.98 Å². The molecule has 3 aromatic rings. The van der Waals surface area contributed by atoms with Crippen molar-refractivity contribution in [2.75, 3.05) is 5.32 Å². The van der Waals surface area contributed by atoms with Crippen molar-refractivity contribution in [3.63, 3.8) is 0 Å². The smallest absolute Gasteiger partial charge is 0.262 e. The zero-order valence-corrected chi connectivity index (χ0v) is 15.0. The van der Waals surface area contributed by atoms with Crippen molar-refractivity contribution < 1.29 is 9.59 Å². The molecule has 0 saturated carbocycles. The van der Waals surface area contributed by atoms with E-state index in [0.29, 0.717) is 16.7 Å². The van der Waals surface area contributed by atoms with Gasteiger partial charge < -0.3 is 10.6 Å². The van der Waals surface area contributed by atoms with E-state index in [1.165, 1.54) is 4.57 Å². The van der Waals surface area contributed by atoms with Gasteiger partial charge in [-0.25, -0.2) is 4.98 Å². The second kappa shape index (κ2) is 4.67. The molecule has 1 fully saturated rings. The van der Waals surface area contributed by atoms with E-state index >= 15 is 0 Å². The van der Waals surface area contributed by atoms with E-state index in [9.17, 15) is 14.4 Å². The highest BCUT2D eigenvalue weighted by atomic mass is 16.2. The van der Waals surface area contributed by atoms with Crippen molar-refractivity contribution in [2.45, 2.75) is 30.3 Å². The molecule has 1 saturated heterocycles.